The molecule has 0 saturated carbocycles. The Bertz CT molecular complexity index is 760. The molecule has 130 valence electrons. The van der Waals surface area contributed by atoms with E-state index < -0.39 is 24.2 Å². The van der Waals surface area contributed by atoms with Gasteiger partial charge in [0, 0.05) is 22.1 Å². The van der Waals surface area contributed by atoms with E-state index in [1.165, 1.54) is 12.1 Å². The number of nitrogens with one attached hydrogen (secondary N) is 1. The van der Waals surface area contributed by atoms with Crippen LogP contribution in [0.4, 0.5) is 4.39 Å². The van der Waals surface area contributed by atoms with Crippen molar-refractivity contribution in [2.75, 3.05) is 13.2 Å². The molecule has 0 heterocycles. The van der Waals surface area contributed by atoms with Gasteiger partial charge in [-0.05, 0) is 48.5 Å². The van der Waals surface area contributed by atoms with Crippen molar-refractivity contribution in [3.63, 3.8) is 0 Å². The number of esters is 1. The van der Waals surface area contributed by atoms with Crippen LogP contribution in [0.1, 0.15) is 27.1 Å². The Morgan fingerprint density at radius 3 is 2.20 bits per heavy atom. The fraction of sp³-hybridized carbons (Fsp3) is 0.167. The van der Waals surface area contributed by atoms with Gasteiger partial charge in [0.05, 0.1) is 6.42 Å². The zero-order valence-electron chi connectivity index (χ0n) is 13.1. The van der Waals surface area contributed by atoms with E-state index in [-0.39, 0.29) is 24.4 Å². The maximum absolute atomic E-state index is 12.8. The molecular weight excluding hydrogens is 393 g/mol. The Labute approximate surface area is 152 Å². The summed E-state index contributed by atoms with van der Waals surface area (Å²) in [5.74, 6) is -1.78. The van der Waals surface area contributed by atoms with Crippen LogP contribution in [0.2, 0.25) is 0 Å². The normalized spacial score (nSPS) is 10.2. The average Bonchev–Trinajstić information content (AvgIpc) is 2.60. The molecule has 5 nitrogen and oxygen atoms in total. The summed E-state index contributed by atoms with van der Waals surface area (Å²) in [6, 6.07) is 11.7. The minimum atomic E-state index is -0.605. The quantitative estimate of drug-likeness (QED) is 0.565. The summed E-state index contributed by atoms with van der Waals surface area (Å²) >= 11 is 3.28. The number of Topliss-reactive ketones (excluding diaryl/α,β-unsaturated/α-hetero) is 1. The highest BCUT2D eigenvalue weighted by Gasteiger charge is 2.11. The first-order valence-electron chi connectivity index (χ1n) is 7.44. The highest BCUT2D eigenvalue weighted by atomic mass is 79.9. The average molecular weight is 408 g/mol. The molecule has 0 bridgehead atoms. The third-order valence-electron chi connectivity index (χ3n) is 3.25. The van der Waals surface area contributed by atoms with Crippen LogP contribution in [-0.2, 0) is 9.53 Å². The zero-order valence-corrected chi connectivity index (χ0v) is 14.7. The second-order valence-electron chi connectivity index (χ2n) is 5.10. The molecule has 0 fully saturated rings. The molecule has 0 aliphatic heterocycles. The molecule has 2 aromatic carbocycles. The molecule has 0 aliphatic carbocycles. The van der Waals surface area contributed by atoms with Gasteiger partial charge in [-0.25, -0.2) is 4.39 Å². The Hall–Kier alpha value is -2.54. The summed E-state index contributed by atoms with van der Waals surface area (Å²) in [7, 11) is 0. The van der Waals surface area contributed by atoms with Gasteiger partial charge in [-0.15, -0.1) is 0 Å². The highest BCUT2D eigenvalue weighted by Crippen LogP contribution is 2.10. The van der Waals surface area contributed by atoms with E-state index in [4.69, 9.17) is 4.74 Å². The molecule has 1 N–H and O–H groups in total. The van der Waals surface area contributed by atoms with E-state index in [0.717, 1.165) is 16.6 Å². The topological polar surface area (TPSA) is 72.5 Å². The van der Waals surface area contributed by atoms with Crippen LogP contribution in [0, 0.1) is 5.82 Å². The van der Waals surface area contributed by atoms with Crippen molar-refractivity contribution >= 4 is 33.6 Å². The molecule has 0 spiro atoms. The van der Waals surface area contributed by atoms with Gasteiger partial charge in [0.25, 0.3) is 5.91 Å². The predicted octanol–water partition coefficient (Wildman–Crippen LogP) is 3.13. The van der Waals surface area contributed by atoms with E-state index in [1.54, 1.807) is 24.3 Å². The second-order valence-corrected chi connectivity index (χ2v) is 6.02. The van der Waals surface area contributed by atoms with Gasteiger partial charge >= 0.3 is 5.97 Å². The summed E-state index contributed by atoms with van der Waals surface area (Å²) in [6.07, 6.45) is -0.0566. The lowest BCUT2D eigenvalue weighted by atomic mass is 10.1. The molecule has 0 unspecified atom stereocenters. The number of benzene rings is 2. The Kier molecular flexibility index (Phi) is 6.82. The molecule has 2 rings (SSSR count). The van der Waals surface area contributed by atoms with E-state index in [2.05, 4.69) is 21.2 Å². The first-order valence-corrected chi connectivity index (χ1v) is 8.23. The van der Waals surface area contributed by atoms with Crippen molar-refractivity contribution in [3.05, 3.63) is 69.9 Å². The van der Waals surface area contributed by atoms with Crippen LogP contribution in [0.25, 0.3) is 0 Å². The van der Waals surface area contributed by atoms with Crippen molar-refractivity contribution in [2.45, 2.75) is 6.42 Å². The minimum absolute atomic E-state index is 0.0566. The smallest absolute Gasteiger partial charge is 0.308 e. The maximum atomic E-state index is 12.8. The van der Waals surface area contributed by atoms with Gasteiger partial charge < -0.3 is 10.1 Å². The second kappa shape index (κ2) is 9.08. The van der Waals surface area contributed by atoms with Crippen LogP contribution in [-0.4, -0.2) is 30.8 Å². The Morgan fingerprint density at radius 1 is 0.960 bits per heavy atom. The number of ether oxygens (including phenoxy) is 1. The molecule has 7 heteroatoms. The molecule has 0 saturated heterocycles. The van der Waals surface area contributed by atoms with Crippen LogP contribution in [0.15, 0.2) is 53.0 Å². The van der Waals surface area contributed by atoms with Crippen LogP contribution >= 0.6 is 15.9 Å². The van der Waals surface area contributed by atoms with Crippen LogP contribution < -0.4 is 5.32 Å². The molecule has 0 atom stereocenters. The first kappa shape index (κ1) is 18.8. The summed E-state index contributed by atoms with van der Waals surface area (Å²) < 4.78 is 18.5. The van der Waals surface area contributed by atoms with Crippen molar-refractivity contribution in [1.29, 1.82) is 0 Å². The number of ketones is 1. The molecule has 0 aromatic heterocycles. The lowest BCUT2D eigenvalue weighted by Gasteiger charge is -2.06. The molecule has 0 radical (unpaired) electrons. The Balaban J connectivity index is 1.70. The van der Waals surface area contributed by atoms with Crippen molar-refractivity contribution < 1.29 is 23.5 Å². The minimum Gasteiger partial charge on any atom is -0.457 e. The standard InChI is InChI=1S/C18H15BrFNO4/c19-14-5-1-13(2-6-14)18(24)21-10-9-17(23)25-11-16(22)12-3-7-15(20)8-4-12/h1-8H,9-11H2,(H,21,24). The van der Waals surface area contributed by atoms with Gasteiger partial charge in [-0.3, -0.25) is 14.4 Å². The molecule has 2 aromatic rings. The first-order chi connectivity index (χ1) is 12.0. The number of halogens is 2. The summed E-state index contributed by atoms with van der Waals surface area (Å²) in [6.45, 7) is -0.330. The van der Waals surface area contributed by atoms with E-state index >= 15 is 0 Å². The number of hydrogen-bond acceptors (Lipinski definition) is 4. The van der Waals surface area contributed by atoms with Gasteiger partial charge in [-0.2, -0.15) is 0 Å². The monoisotopic (exact) mass is 407 g/mol. The fourth-order valence-corrected chi connectivity index (χ4v) is 2.18. The molecule has 1 amide bonds. The van der Waals surface area contributed by atoms with Gasteiger partial charge in [0.1, 0.15) is 5.82 Å². The molecule has 0 aliphatic rings. The van der Waals surface area contributed by atoms with Crippen molar-refractivity contribution in [1.82, 2.24) is 5.32 Å². The lowest BCUT2D eigenvalue weighted by molar-refractivity contribution is -0.142. The number of rotatable bonds is 7. The van der Waals surface area contributed by atoms with Gasteiger partial charge in [0.15, 0.2) is 12.4 Å². The highest BCUT2D eigenvalue weighted by molar-refractivity contribution is 9.10. The van der Waals surface area contributed by atoms with Gasteiger partial charge in [0.2, 0.25) is 0 Å². The summed E-state index contributed by atoms with van der Waals surface area (Å²) in [4.78, 5) is 35.2. The summed E-state index contributed by atoms with van der Waals surface area (Å²) in [5, 5.41) is 2.59. The Morgan fingerprint density at radius 2 is 1.56 bits per heavy atom. The lowest BCUT2D eigenvalue weighted by Crippen LogP contribution is -2.27. The predicted molar refractivity (Wildman–Crippen MR) is 92.8 cm³/mol. The fourth-order valence-electron chi connectivity index (χ4n) is 1.92. The molecular formula is C18H15BrFNO4. The van der Waals surface area contributed by atoms with Gasteiger partial charge in [-0.1, -0.05) is 15.9 Å². The number of amides is 1. The SMILES string of the molecule is O=C(CCNC(=O)c1ccc(Br)cc1)OCC(=O)c1ccc(F)cc1. The van der Waals surface area contributed by atoms with Crippen LogP contribution in [0.3, 0.4) is 0 Å². The molecule has 25 heavy (non-hydrogen) atoms. The van der Waals surface area contributed by atoms with Crippen molar-refractivity contribution in [2.24, 2.45) is 0 Å². The third kappa shape index (κ3) is 6.11. The number of carbonyl (C=O) groups excluding carboxylic acids is 3. The number of hydrogen-bond donors (Lipinski definition) is 1. The zero-order chi connectivity index (χ0) is 18.2. The maximum Gasteiger partial charge on any atom is 0.308 e. The van der Waals surface area contributed by atoms with E-state index in [0.29, 0.717) is 5.56 Å². The van der Waals surface area contributed by atoms with E-state index in [9.17, 15) is 18.8 Å². The summed E-state index contributed by atoms with van der Waals surface area (Å²) in [5.41, 5.74) is 0.737. The third-order valence-corrected chi connectivity index (χ3v) is 3.78. The van der Waals surface area contributed by atoms with Crippen LogP contribution in [0.5, 0.6) is 0 Å². The van der Waals surface area contributed by atoms with Crippen molar-refractivity contribution in [3.8, 4) is 0 Å². The van der Waals surface area contributed by atoms with E-state index in [1.807, 2.05) is 0 Å². The largest absolute Gasteiger partial charge is 0.457 e. The number of carbonyl (C=O) groups is 3.